The maximum Gasteiger partial charge on any atom is 0.232 e. The fourth-order valence-corrected chi connectivity index (χ4v) is 5.64. The summed E-state index contributed by atoms with van der Waals surface area (Å²) >= 11 is 0. The summed E-state index contributed by atoms with van der Waals surface area (Å²) in [6.45, 7) is 3.71. The van der Waals surface area contributed by atoms with E-state index in [1.54, 1.807) is 34.8 Å². The topological polar surface area (TPSA) is 84.3 Å². The van der Waals surface area contributed by atoms with Crippen LogP contribution in [-0.2, 0) is 14.8 Å². The summed E-state index contributed by atoms with van der Waals surface area (Å²) in [5.74, 6) is -1.05. The number of benzene rings is 3. The van der Waals surface area contributed by atoms with Crippen molar-refractivity contribution in [2.24, 2.45) is 5.92 Å². The number of nitrogens with zero attached hydrogens (tertiary/aromatic N) is 3. The molecule has 7 nitrogen and oxygen atoms in total. The van der Waals surface area contributed by atoms with Gasteiger partial charge in [-0.3, -0.25) is 4.79 Å². The Morgan fingerprint density at radius 3 is 2.40 bits per heavy atom. The van der Waals surface area contributed by atoms with Crippen molar-refractivity contribution in [3.63, 3.8) is 0 Å². The normalized spacial score (nSPS) is 20.6. The van der Waals surface area contributed by atoms with Crippen LogP contribution in [0.5, 0.6) is 0 Å². The van der Waals surface area contributed by atoms with Crippen LogP contribution < -0.4 is 9.62 Å². The Bertz CT molecular complexity index is 1530. The van der Waals surface area contributed by atoms with Gasteiger partial charge in [0.15, 0.2) is 0 Å². The lowest BCUT2D eigenvalue weighted by atomic mass is 9.94. The number of carbonyl (C=O) groups excluding carboxylic acids is 1. The van der Waals surface area contributed by atoms with Crippen LogP contribution in [0.3, 0.4) is 0 Å². The van der Waals surface area contributed by atoms with E-state index in [2.05, 4.69) is 9.82 Å². The SMILES string of the molecule is Cc1cccc([C@@H]2C(NS(C)(=O)=O)[C@H](C)C(=O)N2c2ccc3c(cnn3-c3ccc(F)cc3)c2)c1. The number of nitrogens with one attached hydrogen (secondary N) is 1. The largest absolute Gasteiger partial charge is 0.303 e. The van der Waals surface area contributed by atoms with Crippen LogP contribution in [0.1, 0.15) is 24.1 Å². The highest BCUT2D eigenvalue weighted by atomic mass is 32.2. The van der Waals surface area contributed by atoms with E-state index in [1.165, 1.54) is 12.1 Å². The van der Waals surface area contributed by atoms with Crippen LogP contribution in [0, 0.1) is 18.7 Å². The molecule has 0 aliphatic carbocycles. The molecule has 1 unspecified atom stereocenters. The molecule has 180 valence electrons. The van der Waals surface area contributed by atoms with Crippen molar-refractivity contribution >= 4 is 32.5 Å². The van der Waals surface area contributed by atoms with Gasteiger partial charge in [-0.05, 0) is 55.0 Å². The Morgan fingerprint density at radius 1 is 1.00 bits per heavy atom. The van der Waals surface area contributed by atoms with Gasteiger partial charge in [-0.25, -0.2) is 22.2 Å². The van der Waals surface area contributed by atoms with Crippen molar-refractivity contribution < 1.29 is 17.6 Å². The van der Waals surface area contributed by atoms with Crippen LogP contribution in [0.4, 0.5) is 10.1 Å². The first-order chi connectivity index (χ1) is 16.6. The summed E-state index contributed by atoms with van der Waals surface area (Å²) < 4.78 is 42.1. The molecular weight excluding hydrogens is 467 g/mol. The lowest BCUT2D eigenvalue weighted by Crippen LogP contribution is -2.41. The third-order valence-corrected chi connectivity index (χ3v) is 7.12. The molecule has 4 aromatic rings. The number of fused-ring (bicyclic) bond motifs is 1. The van der Waals surface area contributed by atoms with E-state index in [1.807, 2.05) is 49.4 Å². The number of carbonyl (C=O) groups is 1. The van der Waals surface area contributed by atoms with Crippen LogP contribution in [0.25, 0.3) is 16.6 Å². The number of hydrogen-bond acceptors (Lipinski definition) is 4. The van der Waals surface area contributed by atoms with Crippen LogP contribution in [0.2, 0.25) is 0 Å². The standard InChI is InChI=1S/C26H25FN4O3S/c1-16-5-4-6-18(13-16)25-24(29-35(3,33)34)17(2)26(32)30(25)22-11-12-23-19(14-22)15-28-31(23)21-9-7-20(27)8-10-21/h4-15,17,24-25,29H,1-3H3/t17-,24?,25+/m0/s1. The second-order valence-corrected chi connectivity index (χ2v) is 10.8. The van der Waals surface area contributed by atoms with E-state index in [0.717, 1.165) is 34.0 Å². The number of amides is 1. The molecule has 0 radical (unpaired) electrons. The molecule has 1 fully saturated rings. The summed E-state index contributed by atoms with van der Waals surface area (Å²) in [5.41, 5.74) is 4.04. The molecule has 0 spiro atoms. The van der Waals surface area contributed by atoms with Crippen LogP contribution in [0.15, 0.2) is 72.9 Å². The first-order valence-corrected chi connectivity index (χ1v) is 13.1. The molecule has 9 heteroatoms. The second kappa shape index (κ2) is 8.58. The number of rotatable bonds is 5. The average Bonchev–Trinajstić information content (AvgIpc) is 3.33. The fraction of sp³-hybridized carbons (Fsp3) is 0.231. The number of aromatic nitrogens is 2. The van der Waals surface area contributed by atoms with Crippen LogP contribution >= 0.6 is 0 Å². The first-order valence-electron chi connectivity index (χ1n) is 11.2. The molecule has 3 aromatic carbocycles. The van der Waals surface area contributed by atoms with Gasteiger partial charge >= 0.3 is 0 Å². The minimum atomic E-state index is -3.55. The maximum atomic E-state index is 13.5. The summed E-state index contributed by atoms with van der Waals surface area (Å²) in [4.78, 5) is 15.2. The van der Waals surface area contributed by atoms with Gasteiger partial charge in [0.1, 0.15) is 5.82 Å². The predicted molar refractivity (Wildman–Crippen MR) is 133 cm³/mol. The van der Waals surface area contributed by atoms with E-state index >= 15 is 0 Å². The molecule has 0 saturated carbocycles. The third kappa shape index (κ3) is 4.33. The maximum absolute atomic E-state index is 13.5. The van der Waals surface area contributed by atoms with Gasteiger partial charge in [0.05, 0.1) is 41.7 Å². The number of sulfonamides is 1. The van der Waals surface area contributed by atoms with Gasteiger partial charge in [0, 0.05) is 11.1 Å². The third-order valence-electron chi connectivity index (χ3n) is 6.42. The van der Waals surface area contributed by atoms with E-state index in [-0.39, 0.29) is 11.7 Å². The van der Waals surface area contributed by atoms with Crippen molar-refractivity contribution in [1.29, 1.82) is 0 Å². The molecule has 3 atom stereocenters. The first kappa shape index (κ1) is 23.2. The second-order valence-electron chi connectivity index (χ2n) is 9.05. The van der Waals surface area contributed by atoms with Crippen molar-refractivity contribution in [3.05, 3.63) is 89.9 Å². The highest BCUT2D eigenvalue weighted by Crippen LogP contribution is 2.41. The summed E-state index contributed by atoms with van der Waals surface area (Å²) in [6.07, 6.45) is 2.80. The smallest absolute Gasteiger partial charge is 0.232 e. The van der Waals surface area contributed by atoms with Gasteiger partial charge in [-0.1, -0.05) is 36.8 Å². The van der Waals surface area contributed by atoms with Gasteiger partial charge in [0.2, 0.25) is 15.9 Å². The zero-order valence-electron chi connectivity index (χ0n) is 19.5. The monoisotopic (exact) mass is 492 g/mol. The number of hydrogen-bond donors (Lipinski definition) is 1. The molecule has 1 aliphatic rings. The predicted octanol–water partition coefficient (Wildman–Crippen LogP) is 4.11. The minimum Gasteiger partial charge on any atom is -0.303 e. The minimum absolute atomic E-state index is 0.164. The zero-order chi connectivity index (χ0) is 24.9. The lowest BCUT2D eigenvalue weighted by molar-refractivity contribution is -0.120. The summed E-state index contributed by atoms with van der Waals surface area (Å²) in [5, 5.41) is 5.25. The van der Waals surface area contributed by atoms with Crippen molar-refractivity contribution in [2.75, 3.05) is 11.2 Å². The van der Waals surface area contributed by atoms with E-state index < -0.39 is 28.0 Å². The van der Waals surface area contributed by atoms with E-state index in [4.69, 9.17) is 0 Å². The molecule has 2 heterocycles. The molecule has 1 aliphatic heterocycles. The Kier molecular flexibility index (Phi) is 5.69. The zero-order valence-corrected chi connectivity index (χ0v) is 20.3. The van der Waals surface area contributed by atoms with Gasteiger partial charge in [-0.2, -0.15) is 5.10 Å². The fourth-order valence-electron chi connectivity index (χ4n) is 4.81. The Morgan fingerprint density at radius 2 is 1.71 bits per heavy atom. The quantitative estimate of drug-likeness (QED) is 0.454. The van der Waals surface area contributed by atoms with Gasteiger partial charge in [-0.15, -0.1) is 0 Å². The Hall–Kier alpha value is -3.56. The molecule has 5 rings (SSSR count). The Labute approximate surface area is 203 Å². The highest BCUT2D eigenvalue weighted by Gasteiger charge is 2.48. The average molecular weight is 493 g/mol. The van der Waals surface area contributed by atoms with E-state index in [0.29, 0.717) is 5.69 Å². The molecule has 1 amide bonds. The molecule has 1 saturated heterocycles. The lowest BCUT2D eigenvalue weighted by Gasteiger charge is -2.29. The number of halogens is 1. The summed E-state index contributed by atoms with van der Waals surface area (Å²) in [6, 6.07) is 18.2. The molecule has 1 aromatic heterocycles. The molecule has 35 heavy (non-hydrogen) atoms. The van der Waals surface area contributed by atoms with Crippen molar-refractivity contribution in [3.8, 4) is 5.69 Å². The number of anilines is 1. The van der Waals surface area contributed by atoms with Crippen molar-refractivity contribution in [1.82, 2.24) is 14.5 Å². The van der Waals surface area contributed by atoms with Gasteiger partial charge in [0.25, 0.3) is 0 Å². The molecule has 1 N–H and O–H groups in total. The van der Waals surface area contributed by atoms with Crippen LogP contribution in [-0.4, -0.2) is 36.4 Å². The van der Waals surface area contributed by atoms with Gasteiger partial charge < -0.3 is 4.90 Å². The molecular formula is C26H25FN4O3S. The van der Waals surface area contributed by atoms with E-state index in [9.17, 15) is 17.6 Å². The Balaban J connectivity index is 1.61. The van der Waals surface area contributed by atoms with Crippen molar-refractivity contribution in [2.45, 2.75) is 25.9 Å². The summed E-state index contributed by atoms with van der Waals surface area (Å²) in [7, 11) is -3.55. The molecule has 0 bridgehead atoms. The number of aryl methyl sites for hydroxylation is 1. The highest BCUT2D eigenvalue weighted by molar-refractivity contribution is 7.88.